The minimum Gasteiger partial charge on any atom is -0.438 e. The predicted octanol–water partition coefficient (Wildman–Crippen LogP) is 5.37. The smallest absolute Gasteiger partial charge is 0.262 e. The molecule has 2 amide bonds. The van der Waals surface area contributed by atoms with E-state index in [-0.39, 0.29) is 11.8 Å². The third-order valence-corrected chi connectivity index (χ3v) is 5.30. The number of benzene rings is 3. The monoisotopic (exact) mass is 394 g/mol. The second-order valence-electron chi connectivity index (χ2n) is 7.16. The molecule has 0 fully saturated rings. The van der Waals surface area contributed by atoms with Gasteiger partial charge in [0, 0.05) is 11.1 Å². The van der Waals surface area contributed by atoms with Gasteiger partial charge in [0.05, 0.1) is 11.1 Å². The Morgan fingerprint density at radius 1 is 0.733 bits per heavy atom. The highest BCUT2D eigenvalue weighted by molar-refractivity contribution is 6.21. The van der Waals surface area contributed by atoms with Gasteiger partial charge in [-0.3, -0.25) is 14.5 Å². The van der Waals surface area contributed by atoms with Crippen LogP contribution in [0, 0.1) is 0 Å². The Morgan fingerprint density at radius 3 is 1.80 bits per heavy atom. The van der Waals surface area contributed by atoms with Crippen molar-refractivity contribution in [3.8, 4) is 22.6 Å². The number of rotatable bonds is 4. The van der Waals surface area contributed by atoms with Crippen molar-refractivity contribution in [1.82, 2.24) is 9.88 Å². The molecule has 30 heavy (non-hydrogen) atoms. The molecule has 0 spiro atoms. The van der Waals surface area contributed by atoms with Gasteiger partial charge < -0.3 is 4.42 Å². The molecular formula is C25H18N2O3. The van der Waals surface area contributed by atoms with E-state index < -0.39 is 6.04 Å². The van der Waals surface area contributed by atoms with Crippen molar-refractivity contribution >= 4 is 11.8 Å². The van der Waals surface area contributed by atoms with Crippen molar-refractivity contribution in [3.63, 3.8) is 0 Å². The number of hydrogen-bond acceptors (Lipinski definition) is 4. The molecule has 0 saturated heterocycles. The van der Waals surface area contributed by atoms with E-state index in [1.165, 1.54) is 4.90 Å². The summed E-state index contributed by atoms with van der Waals surface area (Å²) < 4.78 is 6.17. The summed E-state index contributed by atoms with van der Waals surface area (Å²) in [5.41, 5.74) is 3.28. The lowest BCUT2D eigenvalue weighted by molar-refractivity contribution is 0.0574. The molecule has 0 aliphatic carbocycles. The van der Waals surface area contributed by atoms with Crippen LogP contribution in [0.25, 0.3) is 22.6 Å². The van der Waals surface area contributed by atoms with Crippen LogP contribution in [0.4, 0.5) is 0 Å². The van der Waals surface area contributed by atoms with Gasteiger partial charge in [-0.2, -0.15) is 0 Å². The number of fused-ring (bicyclic) bond motifs is 1. The maximum absolute atomic E-state index is 12.9. The summed E-state index contributed by atoms with van der Waals surface area (Å²) in [6.45, 7) is 1.76. The zero-order valence-electron chi connectivity index (χ0n) is 16.3. The number of aromatic nitrogens is 1. The molecule has 5 rings (SSSR count). The summed E-state index contributed by atoms with van der Waals surface area (Å²) in [6, 6.07) is 25.6. The number of carbonyl (C=O) groups is 2. The molecule has 4 aromatic rings. The van der Waals surface area contributed by atoms with Gasteiger partial charge in [-0.25, -0.2) is 4.98 Å². The first kappa shape index (κ1) is 18.1. The lowest BCUT2D eigenvalue weighted by Gasteiger charge is -2.19. The zero-order chi connectivity index (χ0) is 20.7. The Labute approximate surface area is 173 Å². The van der Waals surface area contributed by atoms with Crippen LogP contribution in [0.2, 0.25) is 0 Å². The fraction of sp³-hybridized carbons (Fsp3) is 0.0800. The Kier molecular flexibility index (Phi) is 4.29. The van der Waals surface area contributed by atoms with Gasteiger partial charge in [-0.05, 0) is 19.1 Å². The normalized spacial score (nSPS) is 14.1. The maximum atomic E-state index is 12.9. The summed E-state index contributed by atoms with van der Waals surface area (Å²) in [4.78, 5) is 31.7. The summed E-state index contributed by atoms with van der Waals surface area (Å²) in [7, 11) is 0. The lowest BCUT2D eigenvalue weighted by Crippen LogP contribution is -2.32. The van der Waals surface area contributed by atoms with Crippen molar-refractivity contribution in [2.45, 2.75) is 13.0 Å². The molecule has 5 heteroatoms. The van der Waals surface area contributed by atoms with E-state index >= 15 is 0 Å². The highest BCUT2D eigenvalue weighted by Crippen LogP contribution is 2.37. The van der Waals surface area contributed by atoms with Gasteiger partial charge in [-0.1, -0.05) is 72.8 Å². The van der Waals surface area contributed by atoms with E-state index in [0.717, 1.165) is 11.1 Å². The average molecular weight is 394 g/mol. The molecular weight excluding hydrogens is 376 g/mol. The number of oxazole rings is 1. The van der Waals surface area contributed by atoms with E-state index in [1.807, 2.05) is 60.7 Å². The van der Waals surface area contributed by atoms with Crippen molar-refractivity contribution < 1.29 is 14.0 Å². The fourth-order valence-corrected chi connectivity index (χ4v) is 3.76. The minimum absolute atomic E-state index is 0.321. The van der Waals surface area contributed by atoms with Crippen LogP contribution in [0.3, 0.4) is 0 Å². The molecule has 1 aromatic heterocycles. The highest BCUT2D eigenvalue weighted by Gasteiger charge is 2.40. The quantitative estimate of drug-likeness (QED) is 0.437. The number of hydrogen-bond donors (Lipinski definition) is 0. The van der Waals surface area contributed by atoms with Crippen LogP contribution in [-0.2, 0) is 0 Å². The molecule has 1 aliphatic rings. The molecule has 0 bridgehead atoms. The maximum Gasteiger partial charge on any atom is 0.262 e. The SMILES string of the molecule is CC(c1nc(-c2ccccc2)c(-c2ccccc2)o1)N1C(=O)c2ccccc2C1=O. The van der Waals surface area contributed by atoms with E-state index in [1.54, 1.807) is 31.2 Å². The minimum atomic E-state index is -0.641. The number of carbonyl (C=O) groups excluding carboxylic acids is 2. The van der Waals surface area contributed by atoms with Gasteiger partial charge in [0.15, 0.2) is 5.76 Å². The third kappa shape index (κ3) is 2.83. The Balaban J connectivity index is 1.60. The predicted molar refractivity (Wildman–Crippen MR) is 113 cm³/mol. The zero-order valence-corrected chi connectivity index (χ0v) is 16.3. The van der Waals surface area contributed by atoms with Gasteiger partial charge in [0.1, 0.15) is 11.7 Å². The van der Waals surface area contributed by atoms with Crippen LogP contribution in [0.1, 0.15) is 39.6 Å². The van der Waals surface area contributed by atoms with E-state index in [4.69, 9.17) is 9.40 Å². The summed E-state index contributed by atoms with van der Waals surface area (Å²) in [6.07, 6.45) is 0. The Bertz CT molecular complexity index is 1150. The molecule has 3 aromatic carbocycles. The highest BCUT2D eigenvalue weighted by atomic mass is 16.4. The third-order valence-electron chi connectivity index (χ3n) is 5.30. The standard InChI is InChI=1S/C25H18N2O3/c1-16(27-24(28)19-14-8-9-15-20(19)25(27)29)23-26-21(17-10-4-2-5-11-17)22(30-23)18-12-6-3-7-13-18/h2-16H,1H3. The first-order valence-electron chi connectivity index (χ1n) is 9.73. The van der Waals surface area contributed by atoms with E-state index in [9.17, 15) is 9.59 Å². The molecule has 0 saturated carbocycles. The van der Waals surface area contributed by atoms with Gasteiger partial charge in [0.2, 0.25) is 5.89 Å². The van der Waals surface area contributed by atoms with Gasteiger partial charge >= 0.3 is 0 Å². The van der Waals surface area contributed by atoms with E-state index in [0.29, 0.717) is 28.5 Å². The molecule has 0 radical (unpaired) electrons. The summed E-state index contributed by atoms with van der Waals surface area (Å²) in [5, 5.41) is 0. The second-order valence-corrected chi connectivity index (χ2v) is 7.16. The molecule has 5 nitrogen and oxygen atoms in total. The average Bonchev–Trinajstić information content (AvgIpc) is 3.35. The van der Waals surface area contributed by atoms with Crippen LogP contribution in [-0.4, -0.2) is 21.7 Å². The van der Waals surface area contributed by atoms with Crippen LogP contribution in [0.15, 0.2) is 89.3 Å². The Morgan fingerprint density at radius 2 is 1.23 bits per heavy atom. The first-order chi connectivity index (χ1) is 14.6. The fourth-order valence-electron chi connectivity index (χ4n) is 3.76. The Hall–Kier alpha value is -3.99. The second kappa shape index (κ2) is 7.12. The van der Waals surface area contributed by atoms with Crippen molar-refractivity contribution in [3.05, 3.63) is 102 Å². The summed E-state index contributed by atoms with van der Waals surface area (Å²) in [5.74, 6) is 0.273. The van der Waals surface area contributed by atoms with Gasteiger partial charge in [0.25, 0.3) is 11.8 Å². The van der Waals surface area contributed by atoms with Crippen LogP contribution < -0.4 is 0 Å². The van der Waals surface area contributed by atoms with E-state index in [2.05, 4.69) is 0 Å². The molecule has 1 aliphatic heterocycles. The molecule has 146 valence electrons. The first-order valence-corrected chi connectivity index (χ1v) is 9.73. The van der Waals surface area contributed by atoms with Crippen molar-refractivity contribution in [2.24, 2.45) is 0 Å². The molecule has 1 atom stereocenters. The van der Waals surface area contributed by atoms with Crippen LogP contribution in [0.5, 0.6) is 0 Å². The number of amides is 2. The summed E-state index contributed by atoms with van der Waals surface area (Å²) >= 11 is 0. The molecule has 0 N–H and O–H groups in total. The van der Waals surface area contributed by atoms with Gasteiger partial charge in [-0.15, -0.1) is 0 Å². The van der Waals surface area contributed by atoms with Crippen LogP contribution >= 0.6 is 0 Å². The van der Waals surface area contributed by atoms with Crippen molar-refractivity contribution in [2.75, 3.05) is 0 Å². The largest absolute Gasteiger partial charge is 0.438 e. The van der Waals surface area contributed by atoms with Crippen molar-refractivity contribution in [1.29, 1.82) is 0 Å². The lowest BCUT2D eigenvalue weighted by atomic mass is 10.1. The number of imide groups is 1. The topological polar surface area (TPSA) is 63.4 Å². The number of nitrogens with zero attached hydrogens (tertiary/aromatic N) is 2. The molecule has 1 unspecified atom stereocenters. The molecule has 2 heterocycles.